The van der Waals surface area contributed by atoms with Crippen LogP contribution >= 0.6 is 0 Å². The zero-order valence-corrected chi connectivity index (χ0v) is 13.1. The molecule has 4 nitrogen and oxygen atoms in total. The van der Waals surface area contributed by atoms with Crippen molar-refractivity contribution in [2.45, 2.75) is 31.7 Å². The number of nitrogens with two attached hydrogens (primary N) is 1. The molecule has 3 unspecified atom stereocenters. The molecule has 0 aliphatic heterocycles. The van der Waals surface area contributed by atoms with Gasteiger partial charge in [-0.15, -0.1) is 0 Å². The molecule has 21 heavy (non-hydrogen) atoms. The van der Waals surface area contributed by atoms with Crippen molar-refractivity contribution in [1.82, 2.24) is 0 Å². The lowest BCUT2D eigenvalue weighted by molar-refractivity contribution is 0.319. The molecule has 2 fully saturated rings. The van der Waals surface area contributed by atoms with Crippen LogP contribution in [0, 0.1) is 17.8 Å². The Morgan fingerprint density at radius 3 is 2.10 bits per heavy atom. The number of hydrogen-bond acceptors (Lipinski definition) is 4. The van der Waals surface area contributed by atoms with Gasteiger partial charge in [0.15, 0.2) is 11.5 Å². The van der Waals surface area contributed by atoms with Gasteiger partial charge in [0.05, 0.1) is 21.3 Å². The van der Waals surface area contributed by atoms with E-state index in [1.165, 1.54) is 25.7 Å². The van der Waals surface area contributed by atoms with Crippen LogP contribution in [0.5, 0.6) is 17.2 Å². The van der Waals surface area contributed by atoms with E-state index in [1.807, 2.05) is 12.1 Å². The van der Waals surface area contributed by atoms with Crippen molar-refractivity contribution in [2.75, 3.05) is 21.3 Å². The van der Waals surface area contributed by atoms with Crippen molar-refractivity contribution in [3.8, 4) is 17.2 Å². The highest BCUT2D eigenvalue weighted by molar-refractivity contribution is 5.57. The summed E-state index contributed by atoms with van der Waals surface area (Å²) in [6.45, 7) is 0. The second kappa shape index (κ2) is 5.76. The smallest absolute Gasteiger partial charge is 0.203 e. The summed E-state index contributed by atoms with van der Waals surface area (Å²) >= 11 is 0. The Hall–Kier alpha value is -1.42. The summed E-state index contributed by atoms with van der Waals surface area (Å²) in [5.74, 6) is 4.25. The molecule has 116 valence electrons. The van der Waals surface area contributed by atoms with Crippen LogP contribution in [0.3, 0.4) is 0 Å². The van der Waals surface area contributed by atoms with Gasteiger partial charge in [0.1, 0.15) is 0 Å². The summed E-state index contributed by atoms with van der Waals surface area (Å²) in [4.78, 5) is 0. The first kappa shape index (κ1) is 14.5. The maximum atomic E-state index is 6.58. The number of hydrogen-bond donors (Lipinski definition) is 1. The molecular formula is C17H25NO3. The third-order valence-corrected chi connectivity index (χ3v) is 5.23. The molecule has 1 aromatic carbocycles. The highest BCUT2D eigenvalue weighted by Gasteiger charge is 2.54. The van der Waals surface area contributed by atoms with Crippen LogP contribution in [0.25, 0.3) is 0 Å². The Balaban J connectivity index is 1.91. The third-order valence-electron chi connectivity index (χ3n) is 5.23. The van der Waals surface area contributed by atoms with E-state index < -0.39 is 0 Å². The minimum Gasteiger partial charge on any atom is -0.493 e. The van der Waals surface area contributed by atoms with Crippen LogP contribution in [0.15, 0.2) is 12.1 Å². The van der Waals surface area contributed by atoms with Crippen molar-refractivity contribution >= 4 is 0 Å². The summed E-state index contributed by atoms with van der Waals surface area (Å²) in [5, 5.41) is 0. The molecule has 0 aromatic heterocycles. The van der Waals surface area contributed by atoms with Crippen molar-refractivity contribution in [3.05, 3.63) is 17.7 Å². The van der Waals surface area contributed by atoms with Gasteiger partial charge in [0, 0.05) is 11.6 Å². The highest BCUT2D eigenvalue weighted by atomic mass is 16.5. The topological polar surface area (TPSA) is 53.7 Å². The molecule has 0 amide bonds. The number of methoxy groups -OCH3 is 3. The number of ether oxygens (including phenoxy) is 3. The molecule has 0 spiro atoms. The Labute approximate surface area is 126 Å². The average Bonchev–Trinajstić information content (AvgIpc) is 3.26. The van der Waals surface area contributed by atoms with Gasteiger partial charge in [-0.25, -0.2) is 0 Å². The first-order chi connectivity index (χ1) is 10.2. The maximum absolute atomic E-state index is 6.58. The molecule has 2 N–H and O–H groups in total. The number of benzene rings is 1. The monoisotopic (exact) mass is 291 g/mol. The molecule has 0 bridgehead atoms. The Morgan fingerprint density at radius 2 is 1.57 bits per heavy atom. The van der Waals surface area contributed by atoms with E-state index >= 15 is 0 Å². The molecule has 1 aromatic rings. The van der Waals surface area contributed by atoms with Gasteiger partial charge in [0.25, 0.3) is 0 Å². The molecule has 2 aliphatic rings. The fraction of sp³-hybridized carbons (Fsp3) is 0.647. The fourth-order valence-electron chi connectivity index (χ4n) is 4.17. The van der Waals surface area contributed by atoms with Gasteiger partial charge in [-0.3, -0.25) is 0 Å². The molecule has 2 saturated carbocycles. The normalized spacial score (nSPS) is 28.5. The zero-order chi connectivity index (χ0) is 15.0. The van der Waals surface area contributed by atoms with Gasteiger partial charge in [-0.1, -0.05) is 12.8 Å². The first-order valence-electron chi connectivity index (χ1n) is 7.77. The van der Waals surface area contributed by atoms with Gasteiger partial charge in [-0.2, -0.15) is 0 Å². The lowest BCUT2D eigenvalue weighted by Crippen LogP contribution is -2.16. The predicted molar refractivity (Wildman–Crippen MR) is 82.0 cm³/mol. The van der Waals surface area contributed by atoms with Crippen molar-refractivity contribution in [3.63, 3.8) is 0 Å². The minimum atomic E-state index is 0.0212. The molecule has 2 aliphatic carbocycles. The predicted octanol–water partition coefficient (Wildman–Crippen LogP) is 3.15. The third kappa shape index (κ3) is 2.35. The van der Waals surface area contributed by atoms with Crippen LogP contribution in [-0.2, 0) is 0 Å². The van der Waals surface area contributed by atoms with Crippen LogP contribution in [0.4, 0.5) is 0 Å². The lowest BCUT2D eigenvalue weighted by Gasteiger charge is -2.20. The summed E-state index contributed by atoms with van der Waals surface area (Å²) in [5.41, 5.74) is 7.61. The number of rotatable bonds is 5. The SMILES string of the molecule is COc1ccc(C(N)C2C3CCCCC32)c(OC)c1OC. The van der Waals surface area contributed by atoms with E-state index in [0.717, 1.165) is 17.4 Å². The van der Waals surface area contributed by atoms with Crippen molar-refractivity contribution < 1.29 is 14.2 Å². The van der Waals surface area contributed by atoms with Gasteiger partial charge >= 0.3 is 0 Å². The first-order valence-corrected chi connectivity index (χ1v) is 7.77. The molecule has 3 atom stereocenters. The lowest BCUT2D eigenvalue weighted by atomic mass is 9.99. The van der Waals surface area contributed by atoms with E-state index in [9.17, 15) is 0 Å². The fourth-order valence-corrected chi connectivity index (χ4v) is 4.17. The zero-order valence-electron chi connectivity index (χ0n) is 13.1. The summed E-state index contributed by atoms with van der Waals surface area (Å²) in [6, 6.07) is 3.96. The van der Waals surface area contributed by atoms with Crippen molar-refractivity contribution in [1.29, 1.82) is 0 Å². The molecular weight excluding hydrogens is 266 g/mol. The second-order valence-electron chi connectivity index (χ2n) is 6.14. The Bertz CT molecular complexity index is 505. The number of fused-ring (bicyclic) bond motifs is 1. The molecule has 0 saturated heterocycles. The second-order valence-corrected chi connectivity index (χ2v) is 6.14. The van der Waals surface area contributed by atoms with Crippen LogP contribution in [-0.4, -0.2) is 21.3 Å². The minimum absolute atomic E-state index is 0.0212. The summed E-state index contributed by atoms with van der Waals surface area (Å²) in [6.07, 6.45) is 5.37. The standard InChI is InChI=1S/C17H25NO3/c1-19-13-9-8-12(16(20-2)17(13)21-3)15(18)14-10-6-4-5-7-11(10)14/h8-11,14-15H,4-7,18H2,1-3H3. The van der Waals surface area contributed by atoms with Crippen LogP contribution in [0.1, 0.15) is 37.3 Å². The Kier molecular flexibility index (Phi) is 3.98. The quantitative estimate of drug-likeness (QED) is 0.905. The largest absolute Gasteiger partial charge is 0.493 e. The van der Waals surface area contributed by atoms with Gasteiger partial charge < -0.3 is 19.9 Å². The molecule has 4 heteroatoms. The van der Waals surface area contributed by atoms with Crippen molar-refractivity contribution in [2.24, 2.45) is 23.5 Å². The van der Waals surface area contributed by atoms with Crippen LogP contribution < -0.4 is 19.9 Å². The maximum Gasteiger partial charge on any atom is 0.203 e. The van der Waals surface area contributed by atoms with Gasteiger partial charge in [0.2, 0.25) is 5.75 Å². The van der Waals surface area contributed by atoms with Gasteiger partial charge in [-0.05, 0) is 42.7 Å². The summed E-state index contributed by atoms with van der Waals surface area (Å²) in [7, 11) is 4.92. The summed E-state index contributed by atoms with van der Waals surface area (Å²) < 4.78 is 16.4. The Morgan fingerprint density at radius 1 is 0.952 bits per heavy atom. The highest BCUT2D eigenvalue weighted by Crippen LogP contribution is 2.61. The van der Waals surface area contributed by atoms with Crippen LogP contribution in [0.2, 0.25) is 0 Å². The van der Waals surface area contributed by atoms with E-state index in [-0.39, 0.29) is 6.04 Å². The van der Waals surface area contributed by atoms with E-state index in [2.05, 4.69) is 0 Å². The molecule has 0 radical (unpaired) electrons. The van der Waals surface area contributed by atoms with E-state index in [1.54, 1.807) is 21.3 Å². The average molecular weight is 291 g/mol. The van der Waals surface area contributed by atoms with E-state index in [0.29, 0.717) is 23.2 Å². The molecule has 0 heterocycles. The van der Waals surface area contributed by atoms with E-state index in [4.69, 9.17) is 19.9 Å². The molecule has 3 rings (SSSR count).